The Bertz CT molecular complexity index is 280. The Hall–Kier alpha value is -0.590. The van der Waals surface area contributed by atoms with Gasteiger partial charge in [0.2, 0.25) is 0 Å². The van der Waals surface area contributed by atoms with Crippen LogP contribution in [0.25, 0.3) is 0 Å². The summed E-state index contributed by atoms with van der Waals surface area (Å²) < 4.78 is 0. The van der Waals surface area contributed by atoms with Crippen LogP contribution in [0.5, 0.6) is 0 Å². The standard InChI is InChI=1S/C14H25N3/c1-11-5-7-17(10-12(11)2)8-6-14(9-15)16-13-3-4-13/h11-14,16H,3-8,10H2,1-2H3. The molecule has 0 spiro atoms. The van der Waals surface area contributed by atoms with Gasteiger partial charge < -0.3 is 4.90 Å². The van der Waals surface area contributed by atoms with E-state index < -0.39 is 0 Å². The summed E-state index contributed by atoms with van der Waals surface area (Å²) in [7, 11) is 0. The van der Waals surface area contributed by atoms with E-state index >= 15 is 0 Å². The summed E-state index contributed by atoms with van der Waals surface area (Å²) in [5.41, 5.74) is 0. The van der Waals surface area contributed by atoms with Gasteiger partial charge in [-0.05, 0) is 44.1 Å². The summed E-state index contributed by atoms with van der Waals surface area (Å²) in [4.78, 5) is 2.53. The molecule has 2 fully saturated rings. The van der Waals surface area contributed by atoms with Crippen molar-refractivity contribution in [2.24, 2.45) is 11.8 Å². The van der Waals surface area contributed by atoms with E-state index in [-0.39, 0.29) is 6.04 Å². The summed E-state index contributed by atoms with van der Waals surface area (Å²) in [5.74, 6) is 1.67. The lowest BCUT2D eigenvalue weighted by Crippen LogP contribution is -2.41. The summed E-state index contributed by atoms with van der Waals surface area (Å²) in [6, 6.07) is 3.10. The van der Waals surface area contributed by atoms with Gasteiger partial charge in [-0.1, -0.05) is 13.8 Å². The molecule has 0 radical (unpaired) electrons. The lowest BCUT2D eigenvalue weighted by Gasteiger charge is -2.35. The molecule has 1 saturated heterocycles. The van der Waals surface area contributed by atoms with Gasteiger partial charge >= 0.3 is 0 Å². The van der Waals surface area contributed by atoms with E-state index in [0.717, 1.165) is 24.8 Å². The number of hydrogen-bond donors (Lipinski definition) is 1. The van der Waals surface area contributed by atoms with Crippen molar-refractivity contribution in [2.45, 2.75) is 51.6 Å². The van der Waals surface area contributed by atoms with Crippen LogP contribution in [0, 0.1) is 23.2 Å². The molecule has 0 aromatic rings. The van der Waals surface area contributed by atoms with Crippen LogP contribution in [0.4, 0.5) is 0 Å². The second kappa shape index (κ2) is 5.84. The summed E-state index contributed by atoms with van der Waals surface area (Å²) >= 11 is 0. The van der Waals surface area contributed by atoms with Crippen LogP contribution >= 0.6 is 0 Å². The fourth-order valence-corrected chi connectivity index (χ4v) is 2.58. The average Bonchev–Trinajstić information content (AvgIpc) is 3.12. The van der Waals surface area contributed by atoms with Crippen LogP contribution in [-0.2, 0) is 0 Å². The zero-order valence-electron chi connectivity index (χ0n) is 11.2. The predicted octanol–water partition coefficient (Wildman–Crippen LogP) is 2.00. The smallest absolute Gasteiger partial charge is 0.0967 e. The minimum absolute atomic E-state index is 0.0668. The zero-order chi connectivity index (χ0) is 12.3. The van der Waals surface area contributed by atoms with E-state index in [2.05, 4.69) is 30.1 Å². The topological polar surface area (TPSA) is 39.1 Å². The van der Waals surface area contributed by atoms with E-state index in [1.165, 1.54) is 32.4 Å². The Morgan fingerprint density at radius 1 is 1.29 bits per heavy atom. The van der Waals surface area contributed by atoms with Crippen molar-refractivity contribution in [3.8, 4) is 6.07 Å². The second-order valence-corrected chi connectivity index (χ2v) is 5.96. The van der Waals surface area contributed by atoms with Gasteiger partial charge in [0.25, 0.3) is 0 Å². The minimum Gasteiger partial charge on any atom is -0.303 e. The van der Waals surface area contributed by atoms with Crippen molar-refractivity contribution in [3.63, 3.8) is 0 Å². The van der Waals surface area contributed by atoms with Gasteiger partial charge in [0.1, 0.15) is 0 Å². The van der Waals surface area contributed by atoms with Crippen molar-refractivity contribution in [3.05, 3.63) is 0 Å². The fourth-order valence-electron chi connectivity index (χ4n) is 2.58. The van der Waals surface area contributed by atoms with E-state index in [9.17, 15) is 0 Å². The lowest BCUT2D eigenvalue weighted by atomic mass is 9.88. The minimum atomic E-state index is 0.0668. The number of rotatable bonds is 5. The first-order valence-electron chi connectivity index (χ1n) is 7.07. The van der Waals surface area contributed by atoms with Gasteiger partial charge in [-0.15, -0.1) is 0 Å². The van der Waals surface area contributed by atoms with Gasteiger partial charge in [-0.25, -0.2) is 0 Å². The molecule has 3 nitrogen and oxygen atoms in total. The largest absolute Gasteiger partial charge is 0.303 e. The molecular formula is C14H25N3. The Labute approximate surface area is 105 Å². The molecule has 1 heterocycles. The molecule has 1 aliphatic heterocycles. The first-order chi connectivity index (χ1) is 8.19. The third-order valence-electron chi connectivity index (χ3n) is 4.32. The predicted molar refractivity (Wildman–Crippen MR) is 69.6 cm³/mol. The number of likely N-dealkylation sites (tertiary alicyclic amines) is 1. The fraction of sp³-hybridized carbons (Fsp3) is 0.929. The van der Waals surface area contributed by atoms with Gasteiger partial charge in [0.05, 0.1) is 12.1 Å². The van der Waals surface area contributed by atoms with E-state index in [1.54, 1.807) is 0 Å². The Morgan fingerprint density at radius 3 is 2.65 bits per heavy atom. The van der Waals surface area contributed by atoms with Crippen LogP contribution in [0.3, 0.4) is 0 Å². The molecule has 17 heavy (non-hydrogen) atoms. The maximum atomic E-state index is 9.10. The highest BCUT2D eigenvalue weighted by Gasteiger charge is 2.26. The number of piperidine rings is 1. The van der Waals surface area contributed by atoms with Crippen LogP contribution < -0.4 is 5.32 Å². The molecule has 0 amide bonds. The molecule has 1 aliphatic carbocycles. The highest BCUT2D eigenvalue weighted by Crippen LogP contribution is 2.23. The van der Waals surface area contributed by atoms with Gasteiger partial charge in [0, 0.05) is 19.1 Å². The van der Waals surface area contributed by atoms with E-state index in [0.29, 0.717) is 6.04 Å². The molecule has 0 aromatic carbocycles. The molecular weight excluding hydrogens is 210 g/mol. The normalized spacial score (nSPS) is 32.1. The quantitative estimate of drug-likeness (QED) is 0.792. The van der Waals surface area contributed by atoms with Crippen LogP contribution in [0.15, 0.2) is 0 Å². The molecule has 0 aromatic heterocycles. The molecule has 1 saturated carbocycles. The zero-order valence-corrected chi connectivity index (χ0v) is 11.2. The molecule has 3 unspecified atom stereocenters. The van der Waals surface area contributed by atoms with Crippen molar-refractivity contribution in [1.82, 2.24) is 10.2 Å². The Morgan fingerprint density at radius 2 is 2.06 bits per heavy atom. The van der Waals surface area contributed by atoms with E-state index in [1.807, 2.05) is 0 Å². The van der Waals surface area contributed by atoms with Crippen molar-refractivity contribution in [1.29, 1.82) is 5.26 Å². The van der Waals surface area contributed by atoms with Gasteiger partial charge in [0.15, 0.2) is 0 Å². The van der Waals surface area contributed by atoms with Crippen molar-refractivity contribution in [2.75, 3.05) is 19.6 Å². The summed E-state index contributed by atoms with van der Waals surface area (Å²) in [6.07, 6.45) is 4.81. The molecule has 1 N–H and O–H groups in total. The molecule has 2 aliphatic rings. The number of nitrogens with one attached hydrogen (secondary N) is 1. The third-order valence-corrected chi connectivity index (χ3v) is 4.32. The maximum absolute atomic E-state index is 9.10. The molecule has 3 heteroatoms. The number of nitrogens with zero attached hydrogens (tertiary/aromatic N) is 2. The van der Waals surface area contributed by atoms with Crippen molar-refractivity contribution < 1.29 is 0 Å². The molecule has 2 rings (SSSR count). The molecule has 0 bridgehead atoms. The first-order valence-corrected chi connectivity index (χ1v) is 7.07. The number of hydrogen-bond acceptors (Lipinski definition) is 3. The second-order valence-electron chi connectivity index (χ2n) is 5.96. The number of nitriles is 1. The molecule has 3 atom stereocenters. The first kappa shape index (κ1) is 12.9. The summed E-state index contributed by atoms with van der Waals surface area (Å²) in [6.45, 7) is 8.21. The van der Waals surface area contributed by atoms with Crippen LogP contribution in [-0.4, -0.2) is 36.6 Å². The van der Waals surface area contributed by atoms with Crippen LogP contribution in [0.2, 0.25) is 0 Å². The highest BCUT2D eigenvalue weighted by molar-refractivity contribution is 4.96. The highest BCUT2D eigenvalue weighted by atomic mass is 15.1. The van der Waals surface area contributed by atoms with E-state index in [4.69, 9.17) is 5.26 Å². The lowest BCUT2D eigenvalue weighted by molar-refractivity contribution is 0.135. The van der Waals surface area contributed by atoms with Crippen molar-refractivity contribution >= 4 is 0 Å². The van der Waals surface area contributed by atoms with Gasteiger partial charge in [-0.2, -0.15) is 5.26 Å². The SMILES string of the molecule is CC1CCN(CCC(C#N)NC2CC2)CC1C. The third kappa shape index (κ3) is 3.97. The average molecular weight is 235 g/mol. The Kier molecular flexibility index (Phi) is 4.42. The van der Waals surface area contributed by atoms with Crippen LogP contribution in [0.1, 0.15) is 39.5 Å². The maximum Gasteiger partial charge on any atom is 0.0967 e. The Balaban J connectivity index is 1.68. The monoisotopic (exact) mass is 235 g/mol. The summed E-state index contributed by atoms with van der Waals surface area (Å²) in [5, 5.41) is 12.5. The molecule has 96 valence electrons. The van der Waals surface area contributed by atoms with Gasteiger partial charge in [-0.3, -0.25) is 5.32 Å².